The third kappa shape index (κ3) is 6.01. The van der Waals surface area contributed by atoms with Crippen LogP contribution in [0.3, 0.4) is 0 Å². The van der Waals surface area contributed by atoms with Gasteiger partial charge in [-0.15, -0.1) is 0 Å². The van der Waals surface area contributed by atoms with Crippen LogP contribution >= 0.6 is 15.9 Å². The van der Waals surface area contributed by atoms with E-state index >= 15 is 0 Å². The lowest BCUT2D eigenvalue weighted by Crippen LogP contribution is -2.41. The lowest BCUT2D eigenvalue weighted by atomic mass is 10.2. The molecule has 0 bridgehead atoms. The molecule has 5 nitrogen and oxygen atoms in total. The van der Waals surface area contributed by atoms with Crippen LogP contribution in [0.4, 0.5) is 0 Å². The van der Waals surface area contributed by atoms with Gasteiger partial charge in [0.05, 0.1) is 30.9 Å². The van der Waals surface area contributed by atoms with Crippen LogP contribution in [0.15, 0.2) is 16.6 Å². The van der Waals surface area contributed by atoms with E-state index in [-0.39, 0.29) is 5.04 Å². The predicted octanol–water partition coefficient (Wildman–Crippen LogP) is 5.04. The standard InChI is InChI=1S/C18H29BrO5Si/c1-18(2,3)25(6,7)24-10-8-9-23-16-14(19)11-13(17(20)22-5)12-15(16)21-4/h11-12H,8-10H2,1-7H3. The Labute approximate surface area is 160 Å². The first-order chi connectivity index (χ1) is 11.5. The minimum atomic E-state index is -1.73. The Morgan fingerprint density at radius 1 is 1.16 bits per heavy atom. The van der Waals surface area contributed by atoms with Crippen LogP contribution in [0.5, 0.6) is 11.5 Å². The smallest absolute Gasteiger partial charge is 0.338 e. The van der Waals surface area contributed by atoms with Crippen molar-refractivity contribution in [1.82, 2.24) is 0 Å². The first-order valence-corrected chi connectivity index (χ1v) is 12.0. The summed E-state index contributed by atoms with van der Waals surface area (Å²) < 4.78 is 22.7. The maximum Gasteiger partial charge on any atom is 0.338 e. The van der Waals surface area contributed by atoms with Gasteiger partial charge in [0, 0.05) is 13.0 Å². The van der Waals surface area contributed by atoms with Crippen molar-refractivity contribution in [3.63, 3.8) is 0 Å². The molecule has 0 radical (unpaired) electrons. The maximum atomic E-state index is 11.7. The summed E-state index contributed by atoms with van der Waals surface area (Å²) in [5.74, 6) is 0.635. The highest BCUT2D eigenvalue weighted by molar-refractivity contribution is 9.10. The van der Waals surface area contributed by atoms with Crippen molar-refractivity contribution in [3.8, 4) is 11.5 Å². The second-order valence-electron chi connectivity index (χ2n) is 7.29. The van der Waals surface area contributed by atoms with Gasteiger partial charge in [0.15, 0.2) is 19.8 Å². The van der Waals surface area contributed by atoms with E-state index in [4.69, 9.17) is 18.6 Å². The summed E-state index contributed by atoms with van der Waals surface area (Å²) in [4.78, 5) is 11.7. The molecule has 1 aromatic carbocycles. The van der Waals surface area contributed by atoms with Crippen molar-refractivity contribution >= 4 is 30.2 Å². The number of carbonyl (C=O) groups is 1. The molecule has 0 heterocycles. The molecule has 1 rings (SSSR count). The Kier molecular flexibility index (Phi) is 7.96. The second-order valence-corrected chi connectivity index (χ2v) is 13.0. The molecular weight excluding hydrogens is 404 g/mol. The lowest BCUT2D eigenvalue weighted by Gasteiger charge is -2.36. The molecule has 0 aromatic heterocycles. The van der Waals surface area contributed by atoms with Gasteiger partial charge >= 0.3 is 5.97 Å². The molecule has 0 aliphatic rings. The van der Waals surface area contributed by atoms with E-state index in [1.54, 1.807) is 12.1 Å². The fourth-order valence-electron chi connectivity index (χ4n) is 1.87. The zero-order chi connectivity index (χ0) is 19.3. The zero-order valence-electron chi connectivity index (χ0n) is 16.2. The Bertz CT molecular complexity index is 596. The number of hydrogen-bond acceptors (Lipinski definition) is 5. The van der Waals surface area contributed by atoms with Crippen LogP contribution in [0, 0.1) is 0 Å². The highest BCUT2D eigenvalue weighted by Gasteiger charge is 2.36. The molecule has 0 aliphatic carbocycles. The maximum absolute atomic E-state index is 11.7. The van der Waals surface area contributed by atoms with Crippen molar-refractivity contribution in [2.24, 2.45) is 0 Å². The fraction of sp³-hybridized carbons (Fsp3) is 0.611. The van der Waals surface area contributed by atoms with Gasteiger partial charge in [-0.25, -0.2) is 4.79 Å². The van der Waals surface area contributed by atoms with E-state index in [1.165, 1.54) is 14.2 Å². The lowest BCUT2D eigenvalue weighted by molar-refractivity contribution is 0.0600. The number of rotatable bonds is 8. The zero-order valence-corrected chi connectivity index (χ0v) is 18.8. The fourth-order valence-corrected chi connectivity index (χ4v) is 3.52. The minimum Gasteiger partial charge on any atom is -0.493 e. The van der Waals surface area contributed by atoms with Gasteiger partial charge in [0.1, 0.15) is 0 Å². The summed E-state index contributed by atoms with van der Waals surface area (Å²) in [6.07, 6.45) is 0.779. The first-order valence-electron chi connectivity index (χ1n) is 8.26. The molecule has 0 saturated carbocycles. The molecule has 0 fully saturated rings. The SMILES string of the molecule is COC(=O)c1cc(Br)c(OCCCO[Si](C)(C)C(C)(C)C)c(OC)c1. The van der Waals surface area contributed by atoms with Gasteiger partial charge in [-0.2, -0.15) is 0 Å². The Balaban J connectivity index is 2.65. The topological polar surface area (TPSA) is 54.0 Å². The van der Waals surface area contributed by atoms with Gasteiger partial charge in [-0.3, -0.25) is 0 Å². The van der Waals surface area contributed by atoms with E-state index in [2.05, 4.69) is 49.8 Å². The summed E-state index contributed by atoms with van der Waals surface area (Å²) in [5.41, 5.74) is 0.403. The van der Waals surface area contributed by atoms with Gasteiger partial charge in [0.25, 0.3) is 0 Å². The van der Waals surface area contributed by atoms with E-state index in [9.17, 15) is 4.79 Å². The highest BCUT2D eigenvalue weighted by Crippen LogP contribution is 2.38. The summed E-state index contributed by atoms with van der Waals surface area (Å²) in [5, 5.41) is 0.198. The largest absolute Gasteiger partial charge is 0.493 e. The Morgan fingerprint density at radius 2 is 1.80 bits per heavy atom. The van der Waals surface area contributed by atoms with Crippen LogP contribution < -0.4 is 9.47 Å². The van der Waals surface area contributed by atoms with Gasteiger partial charge in [-0.05, 0) is 46.2 Å². The highest BCUT2D eigenvalue weighted by atomic mass is 79.9. The van der Waals surface area contributed by atoms with Gasteiger partial charge in [0.2, 0.25) is 0 Å². The minimum absolute atomic E-state index is 0.198. The quantitative estimate of drug-likeness (QED) is 0.327. The number of esters is 1. The third-order valence-corrected chi connectivity index (χ3v) is 9.58. The molecule has 0 aliphatic heterocycles. The molecule has 0 saturated heterocycles. The van der Waals surface area contributed by atoms with E-state index < -0.39 is 14.3 Å². The summed E-state index contributed by atoms with van der Waals surface area (Å²) in [7, 11) is 1.15. The number of halogens is 1. The van der Waals surface area contributed by atoms with Gasteiger partial charge < -0.3 is 18.6 Å². The second kappa shape index (κ2) is 9.05. The van der Waals surface area contributed by atoms with Crippen molar-refractivity contribution in [3.05, 3.63) is 22.2 Å². The molecule has 0 amide bonds. The normalized spacial score (nSPS) is 12.0. The van der Waals surface area contributed by atoms with Crippen molar-refractivity contribution in [1.29, 1.82) is 0 Å². The van der Waals surface area contributed by atoms with Crippen LogP contribution in [0.1, 0.15) is 37.6 Å². The van der Waals surface area contributed by atoms with Gasteiger partial charge in [-0.1, -0.05) is 20.8 Å². The molecule has 0 N–H and O–H groups in total. The van der Waals surface area contributed by atoms with Crippen molar-refractivity contribution < 1.29 is 23.4 Å². The molecule has 7 heteroatoms. The molecule has 25 heavy (non-hydrogen) atoms. The molecule has 0 unspecified atom stereocenters. The number of benzene rings is 1. The summed E-state index contributed by atoms with van der Waals surface area (Å²) in [6, 6.07) is 3.27. The van der Waals surface area contributed by atoms with Crippen LogP contribution in [-0.4, -0.2) is 41.7 Å². The van der Waals surface area contributed by atoms with E-state index in [0.717, 1.165) is 6.42 Å². The van der Waals surface area contributed by atoms with Crippen LogP contribution in [-0.2, 0) is 9.16 Å². The van der Waals surface area contributed by atoms with Crippen LogP contribution in [0.2, 0.25) is 18.1 Å². The average molecular weight is 433 g/mol. The molecule has 1 aromatic rings. The van der Waals surface area contributed by atoms with E-state index in [1.807, 2.05) is 0 Å². The Morgan fingerprint density at radius 3 is 2.32 bits per heavy atom. The molecule has 142 valence electrons. The van der Waals surface area contributed by atoms with Crippen molar-refractivity contribution in [2.45, 2.75) is 45.3 Å². The Hall–Kier alpha value is -1.05. The number of methoxy groups -OCH3 is 2. The van der Waals surface area contributed by atoms with E-state index in [0.29, 0.717) is 34.7 Å². The molecule has 0 spiro atoms. The first kappa shape index (κ1) is 22.0. The third-order valence-electron chi connectivity index (χ3n) is 4.45. The van der Waals surface area contributed by atoms with Crippen LogP contribution in [0.25, 0.3) is 0 Å². The monoisotopic (exact) mass is 432 g/mol. The molecule has 0 atom stereocenters. The summed E-state index contributed by atoms with van der Waals surface area (Å²) >= 11 is 3.43. The van der Waals surface area contributed by atoms with Crippen molar-refractivity contribution in [2.75, 3.05) is 27.4 Å². The average Bonchev–Trinajstić information content (AvgIpc) is 2.53. The molecular formula is C18H29BrO5Si. The number of hydrogen-bond donors (Lipinski definition) is 0. The summed E-state index contributed by atoms with van der Waals surface area (Å²) in [6.45, 7) is 12.3. The number of ether oxygens (including phenoxy) is 3. The predicted molar refractivity (Wildman–Crippen MR) is 105 cm³/mol. The number of carbonyl (C=O) groups excluding carboxylic acids is 1.